The molecule has 2 nitrogen and oxygen atoms in total. The summed E-state index contributed by atoms with van der Waals surface area (Å²) in [7, 11) is 0. The van der Waals surface area contributed by atoms with Crippen molar-refractivity contribution in [2.75, 3.05) is 18.0 Å². The van der Waals surface area contributed by atoms with Gasteiger partial charge in [-0.25, -0.2) is 4.98 Å². The van der Waals surface area contributed by atoms with Crippen LogP contribution in [0.2, 0.25) is 0 Å². The molecule has 0 aromatic carbocycles. The summed E-state index contributed by atoms with van der Waals surface area (Å²) >= 11 is 6.92. The van der Waals surface area contributed by atoms with Crippen LogP contribution in [0.25, 0.3) is 0 Å². The number of aromatic nitrogens is 1. The molecule has 1 fully saturated rings. The molecule has 0 spiro atoms. The minimum Gasteiger partial charge on any atom is -0.357 e. The Morgan fingerprint density at radius 3 is 2.43 bits per heavy atom. The number of piperidine rings is 1. The molecule has 0 saturated carbocycles. The van der Waals surface area contributed by atoms with Crippen molar-refractivity contribution in [2.45, 2.75) is 19.3 Å². The molecule has 14 heavy (non-hydrogen) atoms. The minimum atomic E-state index is 1.01. The zero-order valence-corrected chi connectivity index (χ0v) is 11.0. The van der Waals surface area contributed by atoms with E-state index in [1.807, 2.05) is 6.20 Å². The lowest BCUT2D eigenvalue weighted by Crippen LogP contribution is -2.30. The van der Waals surface area contributed by atoms with E-state index >= 15 is 0 Å². The van der Waals surface area contributed by atoms with E-state index in [1.165, 1.54) is 19.3 Å². The fraction of sp³-hybridized carbons (Fsp3) is 0.500. The number of anilines is 1. The van der Waals surface area contributed by atoms with Gasteiger partial charge in [0.05, 0.1) is 4.47 Å². The Morgan fingerprint density at radius 1 is 1.07 bits per heavy atom. The monoisotopic (exact) mass is 318 g/mol. The third kappa shape index (κ3) is 2.28. The zero-order chi connectivity index (χ0) is 9.97. The summed E-state index contributed by atoms with van der Waals surface area (Å²) in [5.74, 6) is 1.08. The Kier molecular flexibility index (Phi) is 3.44. The van der Waals surface area contributed by atoms with Crippen LogP contribution in [-0.2, 0) is 0 Å². The fourth-order valence-electron chi connectivity index (χ4n) is 1.70. The van der Waals surface area contributed by atoms with Gasteiger partial charge < -0.3 is 4.90 Å². The second kappa shape index (κ2) is 4.62. The smallest absolute Gasteiger partial charge is 0.129 e. The highest BCUT2D eigenvalue weighted by Gasteiger charge is 2.12. The van der Waals surface area contributed by atoms with Crippen molar-refractivity contribution in [3.8, 4) is 0 Å². The summed E-state index contributed by atoms with van der Waals surface area (Å²) in [6, 6.07) is 2.08. The first-order chi connectivity index (χ1) is 6.77. The Hall–Kier alpha value is -0.0900. The molecule has 0 N–H and O–H groups in total. The van der Waals surface area contributed by atoms with Crippen LogP contribution in [0.1, 0.15) is 19.3 Å². The van der Waals surface area contributed by atoms with Crippen LogP contribution in [0.15, 0.2) is 21.2 Å². The van der Waals surface area contributed by atoms with Crippen LogP contribution in [-0.4, -0.2) is 18.1 Å². The topological polar surface area (TPSA) is 16.1 Å². The van der Waals surface area contributed by atoms with Gasteiger partial charge in [0.2, 0.25) is 0 Å². The summed E-state index contributed by atoms with van der Waals surface area (Å²) in [6.45, 7) is 2.28. The number of hydrogen-bond acceptors (Lipinski definition) is 2. The third-order valence-electron chi connectivity index (χ3n) is 2.47. The van der Waals surface area contributed by atoms with Gasteiger partial charge in [-0.1, -0.05) is 0 Å². The third-order valence-corrected chi connectivity index (χ3v) is 4.29. The first kappa shape index (κ1) is 10.4. The zero-order valence-electron chi connectivity index (χ0n) is 7.84. The van der Waals surface area contributed by atoms with Crippen LogP contribution >= 0.6 is 31.9 Å². The van der Waals surface area contributed by atoms with Gasteiger partial charge in [0.25, 0.3) is 0 Å². The van der Waals surface area contributed by atoms with Crippen molar-refractivity contribution < 1.29 is 0 Å². The van der Waals surface area contributed by atoms with E-state index < -0.39 is 0 Å². The van der Waals surface area contributed by atoms with Gasteiger partial charge in [-0.3, -0.25) is 0 Å². The molecule has 2 rings (SSSR count). The predicted octanol–water partition coefficient (Wildman–Crippen LogP) is 3.60. The van der Waals surface area contributed by atoms with Crippen molar-refractivity contribution in [3.63, 3.8) is 0 Å². The maximum Gasteiger partial charge on any atom is 0.129 e. The van der Waals surface area contributed by atoms with Crippen molar-refractivity contribution in [3.05, 3.63) is 21.2 Å². The van der Waals surface area contributed by atoms with E-state index in [0.29, 0.717) is 0 Å². The molecular formula is C10H12Br2N2. The average Bonchev–Trinajstić information content (AvgIpc) is 2.23. The highest BCUT2D eigenvalue weighted by Crippen LogP contribution is 2.26. The van der Waals surface area contributed by atoms with E-state index in [1.54, 1.807) is 0 Å². The molecular weight excluding hydrogens is 308 g/mol. The second-order valence-electron chi connectivity index (χ2n) is 3.50. The maximum absolute atomic E-state index is 4.41. The van der Waals surface area contributed by atoms with Gasteiger partial charge in [0.1, 0.15) is 5.82 Å². The van der Waals surface area contributed by atoms with E-state index in [9.17, 15) is 0 Å². The second-order valence-corrected chi connectivity index (χ2v) is 5.21. The summed E-state index contributed by atoms with van der Waals surface area (Å²) < 4.78 is 2.09. The number of rotatable bonds is 1. The van der Waals surface area contributed by atoms with E-state index in [2.05, 4.69) is 47.8 Å². The van der Waals surface area contributed by atoms with Gasteiger partial charge in [-0.15, -0.1) is 0 Å². The van der Waals surface area contributed by atoms with Gasteiger partial charge >= 0.3 is 0 Å². The lowest BCUT2D eigenvalue weighted by atomic mass is 10.1. The number of hydrogen-bond donors (Lipinski definition) is 0. The molecule has 0 unspecified atom stereocenters. The Labute approximate surface area is 101 Å². The standard InChI is InChI=1S/C10H12Br2N2/c11-8-6-10(13-7-9(8)12)14-4-2-1-3-5-14/h6-7H,1-5H2. The summed E-state index contributed by atoms with van der Waals surface area (Å²) in [5, 5.41) is 0. The van der Waals surface area contributed by atoms with Gasteiger partial charge in [-0.05, 0) is 57.2 Å². The Bertz CT molecular complexity index is 322. The number of pyridine rings is 1. The Balaban J connectivity index is 2.18. The largest absolute Gasteiger partial charge is 0.357 e. The number of nitrogens with zero attached hydrogens (tertiary/aromatic N) is 2. The molecule has 0 aliphatic carbocycles. The highest BCUT2D eigenvalue weighted by molar-refractivity contribution is 9.13. The average molecular weight is 320 g/mol. The normalized spacial score (nSPS) is 17.1. The molecule has 0 atom stereocenters. The van der Waals surface area contributed by atoms with Crippen LogP contribution < -0.4 is 4.90 Å². The first-order valence-corrected chi connectivity index (χ1v) is 6.42. The predicted molar refractivity (Wildman–Crippen MR) is 65.7 cm³/mol. The molecule has 1 aliphatic rings. The molecule has 1 aliphatic heterocycles. The van der Waals surface area contributed by atoms with E-state index in [-0.39, 0.29) is 0 Å². The number of halogens is 2. The van der Waals surface area contributed by atoms with Gasteiger partial charge in [0.15, 0.2) is 0 Å². The SMILES string of the molecule is Brc1cnc(N2CCCCC2)cc1Br. The quantitative estimate of drug-likeness (QED) is 0.786. The first-order valence-electron chi connectivity index (χ1n) is 4.83. The molecule has 1 saturated heterocycles. The summed E-state index contributed by atoms with van der Waals surface area (Å²) in [4.78, 5) is 6.76. The lowest BCUT2D eigenvalue weighted by molar-refractivity contribution is 0.573. The van der Waals surface area contributed by atoms with Crippen molar-refractivity contribution >= 4 is 37.7 Å². The minimum absolute atomic E-state index is 1.01. The molecule has 1 aromatic rings. The van der Waals surface area contributed by atoms with E-state index in [0.717, 1.165) is 27.9 Å². The van der Waals surface area contributed by atoms with Crippen LogP contribution in [0.5, 0.6) is 0 Å². The van der Waals surface area contributed by atoms with Crippen molar-refractivity contribution in [1.29, 1.82) is 0 Å². The molecule has 0 amide bonds. The summed E-state index contributed by atoms with van der Waals surface area (Å²) in [5.41, 5.74) is 0. The molecule has 0 radical (unpaired) electrons. The van der Waals surface area contributed by atoms with E-state index in [4.69, 9.17) is 0 Å². The van der Waals surface area contributed by atoms with Crippen LogP contribution in [0.4, 0.5) is 5.82 Å². The van der Waals surface area contributed by atoms with Gasteiger partial charge in [-0.2, -0.15) is 0 Å². The molecule has 76 valence electrons. The Morgan fingerprint density at radius 2 is 1.79 bits per heavy atom. The van der Waals surface area contributed by atoms with Crippen molar-refractivity contribution in [2.24, 2.45) is 0 Å². The summed E-state index contributed by atoms with van der Waals surface area (Å²) in [6.07, 6.45) is 5.78. The molecule has 1 aromatic heterocycles. The lowest BCUT2D eigenvalue weighted by Gasteiger charge is -2.27. The van der Waals surface area contributed by atoms with Crippen molar-refractivity contribution in [1.82, 2.24) is 4.98 Å². The fourth-order valence-corrected chi connectivity index (χ4v) is 2.22. The molecule has 0 bridgehead atoms. The van der Waals surface area contributed by atoms with Gasteiger partial charge in [0, 0.05) is 23.8 Å². The molecule has 2 heterocycles. The van der Waals surface area contributed by atoms with Crippen LogP contribution in [0, 0.1) is 0 Å². The molecule has 4 heteroatoms. The maximum atomic E-state index is 4.41. The van der Waals surface area contributed by atoms with Crippen LogP contribution in [0.3, 0.4) is 0 Å². The highest BCUT2D eigenvalue weighted by atomic mass is 79.9.